The molecule has 5 rings (SSSR count). The van der Waals surface area contributed by atoms with Crippen molar-refractivity contribution in [3.8, 4) is 0 Å². The average Bonchev–Trinajstić information content (AvgIpc) is 3.44. The molecule has 33 heavy (non-hydrogen) atoms. The predicted octanol–water partition coefficient (Wildman–Crippen LogP) is 5.65. The summed E-state index contributed by atoms with van der Waals surface area (Å²) in [5.41, 5.74) is 4.57. The van der Waals surface area contributed by atoms with Gasteiger partial charge < -0.3 is 10.2 Å². The highest BCUT2D eigenvalue weighted by Gasteiger charge is 2.40. The van der Waals surface area contributed by atoms with Crippen LogP contribution in [-0.4, -0.2) is 24.9 Å². The number of halogens is 1. The number of imide groups is 1. The number of rotatable bonds is 5. The molecule has 1 saturated heterocycles. The van der Waals surface area contributed by atoms with E-state index in [-0.39, 0.29) is 17.5 Å². The summed E-state index contributed by atoms with van der Waals surface area (Å²) in [6.45, 7) is 4.00. The molecule has 0 atom stereocenters. The van der Waals surface area contributed by atoms with E-state index in [4.69, 9.17) is 11.6 Å². The Morgan fingerprint density at radius 1 is 0.818 bits per heavy atom. The van der Waals surface area contributed by atoms with Crippen molar-refractivity contribution >= 4 is 46.1 Å². The number of benzene rings is 3. The summed E-state index contributed by atoms with van der Waals surface area (Å²) in [5, 5.41) is 3.76. The Hall–Kier alpha value is -3.57. The van der Waals surface area contributed by atoms with Crippen molar-refractivity contribution in [1.82, 2.24) is 0 Å². The Labute approximate surface area is 198 Å². The van der Waals surface area contributed by atoms with Gasteiger partial charge in [-0.05, 0) is 67.3 Å². The lowest BCUT2D eigenvalue weighted by Gasteiger charge is -2.20. The Kier molecular flexibility index (Phi) is 5.65. The maximum absolute atomic E-state index is 13.6. The van der Waals surface area contributed by atoms with Crippen LogP contribution < -0.4 is 15.1 Å². The van der Waals surface area contributed by atoms with E-state index in [9.17, 15) is 9.59 Å². The minimum atomic E-state index is -0.382. The second-order valence-electron chi connectivity index (χ2n) is 8.36. The zero-order valence-corrected chi connectivity index (χ0v) is 19.1. The lowest BCUT2D eigenvalue weighted by Crippen LogP contribution is -2.32. The molecule has 3 aromatic carbocycles. The average molecular weight is 458 g/mol. The van der Waals surface area contributed by atoms with Gasteiger partial charge in [0.2, 0.25) is 0 Å². The molecule has 2 heterocycles. The molecule has 6 heteroatoms. The quantitative estimate of drug-likeness (QED) is 0.503. The van der Waals surface area contributed by atoms with Crippen LogP contribution >= 0.6 is 11.6 Å². The van der Waals surface area contributed by atoms with Crippen molar-refractivity contribution in [2.75, 3.05) is 28.2 Å². The van der Waals surface area contributed by atoms with Crippen LogP contribution in [0.15, 0.2) is 78.5 Å². The molecule has 5 nitrogen and oxygen atoms in total. The number of nitrogens with one attached hydrogen (secondary N) is 1. The second-order valence-corrected chi connectivity index (χ2v) is 8.79. The molecule has 0 aromatic heterocycles. The minimum absolute atomic E-state index is 0.250. The summed E-state index contributed by atoms with van der Waals surface area (Å²) in [5.74, 6) is -0.727. The minimum Gasteiger partial charge on any atom is -0.372 e. The van der Waals surface area contributed by atoms with Gasteiger partial charge in [-0.1, -0.05) is 48.0 Å². The summed E-state index contributed by atoms with van der Waals surface area (Å²) in [4.78, 5) is 30.7. The summed E-state index contributed by atoms with van der Waals surface area (Å²) >= 11 is 6.19. The highest BCUT2D eigenvalue weighted by Crippen LogP contribution is 2.35. The summed E-state index contributed by atoms with van der Waals surface area (Å²) in [6, 6.07) is 22.4. The molecule has 1 N–H and O–H groups in total. The molecule has 166 valence electrons. The first kappa shape index (κ1) is 21.3. The van der Waals surface area contributed by atoms with Gasteiger partial charge in [0.05, 0.1) is 11.3 Å². The van der Waals surface area contributed by atoms with E-state index in [1.807, 2.05) is 67.6 Å². The molecule has 2 aliphatic heterocycles. The summed E-state index contributed by atoms with van der Waals surface area (Å²) < 4.78 is 0. The van der Waals surface area contributed by atoms with Gasteiger partial charge in [-0.2, -0.15) is 0 Å². The molecule has 0 spiro atoms. The first-order chi connectivity index (χ1) is 16.0. The molecule has 0 aliphatic carbocycles. The fourth-order valence-corrected chi connectivity index (χ4v) is 4.58. The van der Waals surface area contributed by atoms with E-state index < -0.39 is 0 Å². The van der Waals surface area contributed by atoms with Gasteiger partial charge in [-0.3, -0.25) is 9.59 Å². The fourth-order valence-electron chi connectivity index (χ4n) is 4.40. The lowest BCUT2D eigenvalue weighted by atomic mass is 10.0. The number of hydrogen-bond donors (Lipinski definition) is 1. The van der Waals surface area contributed by atoms with Crippen LogP contribution in [0.3, 0.4) is 0 Å². The van der Waals surface area contributed by atoms with Crippen molar-refractivity contribution in [1.29, 1.82) is 0 Å². The third-order valence-electron chi connectivity index (χ3n) is 6.18. The molecule has 0 bridgehead atoms. The SMILES string of the molecule is Cc1ccc(Cl)cc1NC1=C(c2ccccc2)C(=O)N(c2ccc(N3CCCC3)cc2)C1=O. The van der Waals surface area contributed by atoms with Gasteiger partial charge in [0.15, 0.2) is 0 Å². The molecule has 0 unspecified atom stereocenters. The third kappa shape index (κ3) is 4.00. The first-order valence-corrected chi connectivity index (χ1v) is 11.5. The molecular formula is C27H24ClN3O2. The number of amides is 2. The van der Waals surface area contributed by atoms with E-state index in [1.54, 1.807) is 12.1 Å². The topological polar surface area (TPSA) is 52.7 Å². The van der Waals surface area contributed by atoms with E-state index >= 15 is 0 Å². The summed E-state index contributed by atoms with van der Waals surface area (Å²) in [6.07, 6.45) is 2.38. The molecule has 3 aromatic rings. The van der Waals surface area contributed by atoms with Crippen molar-refractivity contribution in [3.05, 3.63) is 94.6 Å². The van der Waals surface area contributed by atoms with Gasteiger partial charge in [0.25, 0.3) is 11.8 Å². The molecule has 1 fully saturated rings. The molecule has 2 aliphatic rings. The molecular weight excluding hydrogens is 434 g/mol. The molecule has 0 saturated carbocycles. The highest BCUT2D eigenvalue weighted by molar-refractivity contribution is 6.46. The van der Waals surface area contributed by atoms with E-state index in [0.29, 0.717) is 27.5 Å². The lowest BCUT2D eigenvalue weighted by molar-refractivity contribution is -0.120. The third-order valence-corrected chi connectivity index (χ3v) is 6.42. The smallest absolute Gasteiger partial charge is 0.282 e. The number of aryl methyl sites for hydroxylation is 1. The van der Waals surface area contributed by atoms with Crippen molar-refractivity contribution in [2.24, 2.45) is 0 Å². The van der Waals surface area contributed by atoms with Crippen LogP contribution in [0.25, 0.3) is 5.57 Å². The van der Waals surface area contributed by atoms with Crippen LogP contribution in [0.1, 0.15) is 24.0 Å². The molecule has 2 amide bonds. The number of nitrogens with zero attached hydrogens (tertiary/aromatic N) is 2. The molecule has 0 radical (unpaired) electrons. The number of hydrogen-bond acceptors (Lipinski definition) is 4. The predicted molar refractivity (Wildman–Crippen MR) is 134 cm³/mol. The fraction of sp³-hybridized carbons (Fsp3) is 0.185. The first-order valence-electron chi connectivity index (χ1n) is 11.1. The van der Waals surface area contributed by atoms with Crippen LogP contribution in [0.5, 0.6) is 0 Å². The van der Waals surface area contributed by atoms with E-state index in [2.05, 4.69) is 10.2 Å². The van der Waals surface area contributed by atoms with Gasteiger partial charge in [-0.25, -0.2) is 4.90 Å². The van der Waals surface area contributed by atoms with E-state index in [0.717, 1.165) is 24.3 Å². The second kappa shape index (κ2) is 8.75. The number of carbonyl (C=O) groups is 2. The largest absolute Gasteiger partial charge is 0.372 e. The van der Waals surface area contributed by atoms with Gasteiger partial charge in [0.1, 0.15) is 5.70 Å². The van der Waals surface area contributed by atoms with Crippen molar-refractivity contribution in [3.63, 3.8) is 0 Å². The van der Waals surface area contributed by atoms with Crippen LogP contribution in [-0.2, 0) is 9.59 Å². The normalized spacial score (nSPS) is 16.2. The summed E-state index contributed by atoms with van der Waals surface area (Å²) in [7, 11) is 0. The van der Waals surface area contributed by atoms with Gasteiger partial charge in [-0.15, -0.1) is 0 Å². The van der Waals surface area contributed by atoms with Crippen molar-refractivity contribution < 1.29 is 9.59 Å². The van der Waals surface area contributed by atoms with Gasteiger partial charge in [0, 0.05) is 29.5 Å². The zero-order valence-electron chi connectivity index (χ0n) is 18.3. The van der Waals surface area contributed by atoms with Crippen molar-refractivity contribution in [2.45, 2.75) is 19.8 Å². The van der Waals surface area contributed by atoms with Crippen LogP contribution in [0.2, 0.25) is 5.02 Å². The standard InChI is InChI=1S/C27H24ClN3O2/c1-18-9-10-20(28)17-23(18)29-25-24(19-7-3-2-4-8-19)26(32)31(27(25)33)22-13-11-21(12-14-22)30-15-5-6-16-30/h2-4,7-14,17,29H,5-6,15-16H2,1H3. The van der Waals surface area contributed by atoms with E-state index in [1.165, 1.54) is 17.7 Å². The Morgan fingerprint density at radius 2 is 1.48 bits per heavy atom. The monoisotopic (exact) mass is 457 g/mol. The Bertz CT molecular complexity index is 1250. The highest BCUT2D eigenvalue weighted by atomic mass is 35.5. The van der Waals surface area contributed by atoms with Crippen LogP contribution in [0.4, 0.5) is 17.1 Å². The van der Waals surface area contributed by atoms with Crippen LogP contribution in [0, 0.1) is 6.92 Å². The number of anilines is 3. The van der Waals surface area contributed by atoms with Gasteiger partial charge >= 0.3 is 0 Å². The Morgan fingerprint density at radius 3 is 2.18 bits per heavy atom. The Balaban J connectivity index is 1.53. The maximum atomic E-state index is 13.6. The zero-order chi connectivity index (χ0) is 22.9. The maximum Gasteiger partial charge on any atom is 0.282 e. The number of carbonyl (C=O) groups excluding carboxylic acids is 2.